The molecular weight excluding hydrogens is 330 g/mol. The number of likely N-dealkylation sites (N-methyl/N-ethyl adjacent to an activating group) is 1. The van der Waals surface area contributed by atoms with Crippen molar-refractivity contribution in [2.45, 2.75) is 30.5 Å². The average Bonchev–Trinajstić information content (AvgIpc) is 3.22. The second kappa shape index (κ2) is 6.37. The van der Waals surface area contributed by atoms with Gasteiger partial charge in [0.25, 0.3) is 10.0 Å². The lowest BCUT2D eigenvalue weighted by molar-refractivity contribution is -0.141. The number of aromatic nitrogens is 2. The SMILES string of the molecule is CN(C(C(=O)O)c1ccccc1)S(=O)(=O)c1ccnn1CC1CC1. The van der Waals surface area contributed by atoms with Gasteiger partial charge in [0.15, 0.2) is 5.03 Å². The summed E-state index contributed by atoms with van der Waals surface area (Å²) in [6.45, 7) is 0.540. The molecule has 1 aromatic heterocycles. The molecule has 2 aromatic rings. The highest BCUT2D eigenvalue weighted by molar-refractivity contribution is 7.89. The van der Waals surface area contributed by atoms with Crippen molar-refractivity contribution in [3.8, 4) is 0 Å². The zero-order valence-corrected chi connectivity index (χ0v) is 14.1. The van der Waals surface area contributed by atoms with Crippen LogP contribution in [0.1, 0.15) is 24.4 Å². The van der Waals surface area contributed by atoms with Crippen molar-refractivity contribution in [3.63, 3.8) is 0 Å². The predicted molar refractivity (Wildman–Crippen MR) is 86.7 cm³/mol. The predicted octanol–water partition coefficient (Wildman–Crippen LogP) is 1.74. The maximum atomic E-state index is 12.9. The van der Waals surface area contributed by atoms with Gasteiger partial charge < -0.3 is 5.11 Å². The fourth-order valence-corrected chi connectivity index (χ4v) is 4.06. The van der Waals surface area contributed by atoms with Gasteiger partial charge in [-0.25, -0.2) is 8.42 Å². The van der Waals surface area contributed by atoms with Crippen molar-refractivity contribution in [2.75, 3.05) is 7.05 Å². The highest BCUT2D eigenvalue weighted by Crippen LogP contribution is 2.32. The van der Waals surface area contributed by atoms with E-state index in [9.17, 15) is 18.3 Å². The Hall–Kier alpha value is -2.19. The molecule has 24 heavy (non-hydrogen) atoms. The van der Waals surface area contributed by atoms with E-state index in [1.807, 2.05) is 0 Å². The minimum atomic E-state index is -3.98. The van der Waals surface area contributed by atoms with E-state index < -0.39 is 22.0 Å². The van der Waals surface area contributed by atoms with Gasteiger partial charge in [0, 0.05) is 13.6 Å². The molecule has 0 spiro atoms. The van der Waals surface area contributed by atoms with E-state index in [0.29, 0.717) is 18.0 Å². The van der Waals surface area contributed by atoms with Gasteiger partial charge in [0.1, 0.15) is 6.04 Å². The summed E-state index contributed by atoms with van der Waals surface area (Å²) in [5, 5.41) is 13.7. The lowest BCUT2D eigenvalue weighted by atomic mass is 10.1. The molecule has 1 aliphatic carbocycles. The summed E-state index contributed by atoms with van der Waals surface area (Å²) in [7, 11) is -2.70. The molecule has 0 aliphatic heterocycles. The lowest BCUT2D eigenvalue weighted by Crippen LogP contribution is -2.37. The van der Waals surface area contributed by atoms with Crippen LogP contribution in [0.4, 0.5) is 0 Å². The van der Waals surface area contributed by atoms with Crippen LogP contribution in [0.5, 0.6) is 0 Å². The molecule has 7 nitrogen and oxygen atoms in total. The number of benzene rings is 1. The molecule has 128 valence electrons. The molecule has 1 heterocycles. The van der Waals surface area contributed by atoms with Gasteiger partial charge in [-0.2, -0.15) is 9.40 Å². The molecule has 1 N–H and O–H groups in total. The third-order valence-corrected chi connectivity index (χ3v) is 6.01. The number of carboxylic acid groups (broad SMARTS) is 1. The number of sulfonamides is 1. The topological polar surface area (TPSA) is 92.5 Å². The van der Waals surface area contributed by atoms with E-state index >= 15 is 0 Å². The van der Waals surface area contributed by atoms with Crippen LogP contribution in [0, 0.1) is 5.92 Å². The number of hydrogen-bond acceptors (Lipinski definition) is 4. The van der Waals surface area contributed by atoms with Crippen LogP contribution >= 0.6 is 0 Å². The number of aliphatic carboxylic acids is 1. The van der Waals surface area contributed by atoms with Crippen LogP contribution in [0.25, 0.3) is 0 Å². The third-order valence-electron chi connectivity index (χ3n) is 4.16. The molecule has 1 fully saturated rings. The Morgan fingerprint density at radius 3 is 2.58 bits per heavy atom. The Bertz CT molecular complexity index is 828. The van der Waals surface area contributed by atoms with Crippen LogP contribution in [-0.4, -0.2) is 40.6 Å². The smallest absolute Gasteiger partial charge is 0.326 e. The Balaban J connectivity index is 1.95. The van der Waals surface area contributed by atoms with E-state index in [1.165, 1.54) is 24.0 Å². The maximum absolute atomic E-state index is 12.9. The van der Waals surface area contributed by atoms with Crippen molar-refractivity contribution in [1.29, 1.82) is 0 Å². The maximum Gasteiger partial charge on any atom is 0.326 e. The summed E-state index contributed by atoms with van der Waals surface area (Å²) < 4.78 is 28.2. The highest BCUT2D eigenvalue weighted by Gasteiger charge is 2.36. The van der Waals surface area contributed by atoms with Crippen LogP contribution in [0.15, 0.2) is 47.6 Å². The summed E-state index contributed by atoms with van der Waals surface area (Å²) in [5.41, 5.74) is 0.407. The van der Waals surface area contributed by atoms with E-state index in [-0.39, 0.29) is 5.03 Å². The quantitative estimate of drug-likeness (QED) is 0.822. The first-order valence-electron chi connectivity index (χ1n) is 7.69. The number of rotatable bonds is 7. The molecule has 0 saturated heterocycles. The van der Waals surface area contributed by atoms with Gasteiger partial charge >= 0.3 is 5.97 Å². The molecule has 1 aromatic carbocycles. The van der Waals surface area contributed by atoms with Gasteiger partial charge in [-0.1, -0.05) is 30.3 Å². The molecule has 1 aliphatic rings. The molecule has 1 unspecified atom stereocenters. The van der Waals surface area contributed by atoms with E-state index in [4.69, 9.17) is 0 Å². The molecular formula is C16H19N3O4S. The second-order valence-corrected chi connectivity index (χ2v) is 7.91. The van der Waals surface area contributed by atoms with E-state index in [2.05, 4.69) is 5.10 Å². The molecule has 0 bridgehead atoms. The van der Waals surface area contributed by atoms with Crippen molar-refractivity contribution in [2.24, 2.45) is 5.92 Å². The Morgan fingerprint density at radius 2 is 2.00 bits per heavy atom. The average molecular weight is 349 g/mol. The number of hydrogen-bond donors (Lipinski definition) is 1. The summed E-state index contributed by atoms with van der Waals surface area (Å²) in [4.78, 5) is 11.7. The monoisotopic (exact) mass is 349 g/mol. The third kappa shape index (κ3) is 3.20. The highest BCUT2D eigenvalue weighted by atomic mass is 32.2. The summed E-state index contributed by atoms with van der Waals surface area (Å²) in [6.07, 6.45) is 3.56. The molecule has 0 amide bonds. The van der Waals surface area contributed by atoms with Gasteiger partial charge in [-0.3, -0.25) is 9.48 Å². The van der Waals surface area contributed by atoms with Gasteiger partial charge in [0.2, 0.25) is 0 Å². The number of nitrogens with zero attached hydrogens (tertiary/aromatic N) is 3. The molecule has 0 radical (unpaired) electrons. The summed E-state index contributed by atoms with van der Waals surface area (Å²) in [6, 6.07) is 8.45. The van der Waals surface area contributed by atoms with Crippen molar-refractivity contribution < 1.29 is 18.3 Å². The second-order valence-electron chi connectivity index (χ2n) is 5.97. The number of carboxylic acids is 1. The largest absolute Gasteiger partial charge is 0.480 e. The first-order valence-corrected chi connectivity index (χ1v) is 9.13. The van der Waals surface area contributed by atoms with Gasteiger partial charge in [-0.05, 0) is 30.4 Å². The Kier molecular flexibility index (Phi) is 4.42. The van der Waals surface area contributed by atoms with E-state index in [0.717, 1.165) is 17.1 Å². The van der Waals surface area contributed by atoms with Crippen molar-refractivity contribution >= 4 is 16.0 Å². The van der Waals surface area contributed by atoms with Crippen molar-refractivity contribution in [1.82, 2.24) is 14.1 Å². The summed E-state index contributed by atoms with van der Waals surface area (Å²) >= 11 is 0. The molecule has 8 heteroatoms. The normalized spacial score (nSPS) is 16.2. The lowest BCUT2D eigenvalue weighted by Gasteiger charge is -2.24. The molecule has 1 saturated carbocycles. The Morgan fingerprint density at radius 1 is 1.33 bits per heavy atom. The van der Waals surface area contributed by atoms with Gasteiger partial charge in [0.05, 0.1) is 6.20 Å². The van der Waals surface area contributed by atoms with E-state index in [1.54, 1.807) is 30.3 Å². The minimum absolute atomic E-state index is 0.0269. The first-order chi connectivity index (χ1) is 11.4. The molecule has 1 atom stereocenters. The zero-order valence-electron chi connectivity index (χ0n) is 13.2. The van der Waals surface area contributed by atoms with Crippen LogP contribution in [0.2, 0.25) is 0 Å². The van der Waals surface area contributed by atoms with Crippen LogP contribution < -0.4 is 0 Å². The standard InChI is InChI=1S/C16H19N3O4S/c1-18(15(16(20)21)13-5-3-2-4-6-13)24(22,23)14-9-10-17-19(14)11-12-7-8-12/h2-6,9-10,12,15H,7-8,11H2,1H3,(H,20,21). The van der Waals surface area contributed by atoms with Crippen LogP contribution in [0.3, 0.4) is 0 Å². The van der Waals surface area contributed by atoms with Crippen molar-refractivity contribution in [3.05, 3.63) is 48.2 Å². The van der Waals surface area contributed by atoms with Crippen LogP contribution in [-0.2, 0) is 21.4 Å². The minimum Gasteiger partial charge on any atom is -0.480 e. The fraction of sp³-hybridized carbons (Fsp3) is 0.375. The summed E-state index contributed by atoms with van der Waals surface area (Å²) in [5.74, 6) is -0.769. The molecule has 3 rings (SSSR count). The first kappa shape index (κ1) is 16.7. The zero-order chi connectivity index (χ0) is 17.3. The Labute approximate surface area is 140 Å². The fourth-order valence-electron chi connectivity index (χ4n) is 2.65. The van der Waals surface area contributed by atoms with Gasteiger partial charge in [-0.15, -0.1) is 0 Å². The number of carbonyl (C=O) groups is 1.